The molecular formula is C22H21Cl2N5O4S. The van der Waals surface area contributed by atoms with Crippen molar-refractivity contribution in [3.63, 3.8) is 0 Å². The van der Waals surface area contributed by atoms with Crippen LogP contribution in [0.25, 0.3) is 0 Å². The number of esters is 1. The Bertz CT molecular complexity index is 1220. The van der Waals surface area contributed by atoms with Crippen LogP contribution in [0.1, 0.15) is 33.5 Å². The SMILES string of the molecule is CCOC(=O)c1cccc(NC(=O)CSc2nnc(CNC(=O)c3ccc(Cl)cc3Cl)n2C)c1. The van der Waals surface area contributed by atoms with E-state index in [0.29, 0.717) is 32.8 Å². The van der Waals surface area contributed by atoms with E-state index >= 15 is 0 Å². The molecule has 178 valence electrons. The highest BCUT2D eigenvalue weighted by atomic mass is 35.5. The van der Waals surface area contributed by atoms with Crippen LogP contribution in [0.5, 0.6) is 0 Å². The van der Waals surface area contributed by atoms with Crippen molar-refractivity contribution in [1.29, 1.82) is 0 Å². The first kappa shape index (κ1) is 25.5. The fraction of sp³-hybridized carbons (Fsp3) is 0.227. The molecule has 0 saturated heterocycles. The van der Waals surface area contributed by atoms with Gasteiger partial charge in [0, 0.05) is 17.8 Å². The molecular weight excluding hydrogens is 501 g/mol. The Balaban J connectivity index is 1.53. The van der Waals surface area contributed by atoms with Crippen LogP contribution >= 0.6 is 35.0 Å². The van der Waals surface area contributed by atoms with Crippen molar-refractivity contribution in [1.82, 2.24) is 20.1 Å². The number of nitrogens with one attached hydrogen (secondary N) is 2. The molecule has 0 aliphatic carbocycles. The third-order valence-corrected chi connectivity index (χ3v) is 6.07. The summed E-state index contributed by atoms with van der Waals surface area (Å²) < 4.78 is 6.65. The predicted octanol–water partition coefficient (Wildman–Crippen LogP) is 3.96. The average molecular weight is 522 g/mol. The van der Waals surface area contributed by atoms with Crippen molar-refractivity contribution in [3.8, 4) is 0 Å². The Morgan fingerprint density at radius 3 is 2.65 bits per heavy atom. The third-order valence-electron chi connectivity index (χ3n) is 4.50. The fourth-order valence-corrected chi connectivity index (χ4v) is 4.04. The quantitative estimate of drug-likeness (QED) is 0.323. The summed E-state index contributed by atoms with van der Waals surface area (Å²) in [4.78, 5) is 36.6. The Labute approximate surface area is 210 Å². The highest BCUT2D eigenvalue weighted by Gasteiger charge is 2.15. The van der Waals surface area contributed by atoms with E-state index in [4.69, 9.17) is 27.9 Å². The van der Waals surface area contributed by atoms with Crippen molar-refractivity contribution in [2.75, 3.05) is 17.7 Å². The lowest BCUT2D eigenvalue weighted by molar-refractivity contribution is -0.113. The zero-order valence-electron chi connectivity index (χ0n) is 18.3. The molecule has 1 aromatic heterocycles. The van der Waals surface area contributed by atoms with Gasteiger partial charge in [0.25, 0.3) is 5.91 Å². The summed E-state index contributed by atoms with van der Waals surface area (Å²) in [6.45, 7) is 2.11. The molecule has 0 spiro atoms. The molecule has 2 aromatic carbocycles. The first-order chi connectivity index (χ1) is 16.3. The molecule has 0 radical (unpaired) electrons. The highest BCUT2D eigenvalue weighted by Crippen LogP contribution is 2.21. The van der Waals surface area contributed by atoms with Gasteiger partial charge in [-0.15, -0.1) is 10.2 Å². The van der Waals surface area contributed by atoms with Crippen LogP contribution < -0.4 is 10.6 Å². The van der Waals surface area contributed by atoms with Gasteiger partial charge in [-0.05, 0) is 43.3 Å². The van der Waals surface area contributed by atoms with Gasteiger partial charge in [-0.2, -0.15) is 0 Å². The van der Waals surface area contributed by atoms with Crippen LogP contribution in [-0.2, 0) is 23.1 Å². The first-order valence-electron chi connectivity index (χ1n) is 10.1. The summed E-state index contributed by atoms with van der Waals surface area (Å²) in [5.74, 6) is -0.527. The lowest BCUT2D eigenvalue weighted by Crippen LogP contribution is -2.24. The fourth-order valence-electron chi connectivity index (χ4n) is 2.82. The maximum Gasteiger partial charge on any atom is 0.338 e. The lowest BCUT2D eigenvalue weighted by Gasteiger charge is -2.08. The monoisotopic (exact) mass is 521 g/mol. The lowest BCUT2D eigenvalue weighted by atomic mass is 10.2. The molecule has 0 aliphatic heterocycles. The van der Waals surface area contributed by atoms with Gasteiger partial charge in [0.15, 0.2) is 11.0 Å². The van der Waals surface area contributed by atoms with E-state index < -0.39 is 5.97 Å². The molecule has 3 rings (SSSR count). The smallest absolute Gasteiger partial charge is 0.338 e. The van der Waals surface area contributed by atoms with E-state index in [9.17, 15) is 14.4 Å². The summed E-state index contributed by atoms with van der Waals surface area (Å²) in [5.41, 5.74) is 1.14. The number of hydrogen-bond acceptors (Lipinski definition) is 7. The summed E-state index contributed by atoms with van der Waals surface area (Å²) in [6, 6.07) is 11.1. The van der Waals surface area contributed by atoms with Crippen LogP contribution in [0, 0.1) is 0 Å². The largest absolute Gasteiger partial charge is 0.462 e. The zero-order valence-corrected chi connectivity index (χ0v) is 20.6. The van der Waals surface area contributed by atoms with Crippen LogP contribution in [0.2, 0.25) is 10.0 Å². The van der Waals surface area contributed by atoms with Crippen molar-refractivity contribution in [2.24, 2.45) is 7.05 Å². The van der Waals surface area contributed by atoms with Gasteiger partial charge >= 0.3 is 5.97 Å². The van der Waals surface area contributed by atoms with Gasteiger partial charge in [-0.1, -0.05) is 41.0 Å². The summed E-state index contributed by atoms with van der Waals surface area (Å²) in [6.07, 6.45) is 0. The molecule has 12 heteroatoms. The van der Waals surface area contributed by atoms with Gasteiger partial charge in [0.1, 0.15) is 0 Å². The van der Waals surface area contributed by atoms with Gasteiger partial charge in [0.05, 0.1) is 35.1 Å². The number of carbonyl (C=O) groups is 3. The summed E-state index contributed by atoms with van der Waals surface area (Å²) >= 11 is 13.1. The number of anilines is 1. The number of carbonyl (C=O) groups excluding carboxylic acids is 3. The van der Waals surface area contributed by atoms with Gasteiger partial charge in [-0.3, -0.25) is 9.59 Å². The Kier molecular flexibility index (Phi) is 8.91. The number of nitrogens with zero attached hydrogens (tertiary/aromatic N) is 3. The van der Waals surface area contributed by atoms with Crippen LogP contribution in [0.15, 0.2) is 47.6 Å². The second-order valence-electron chi connectivity index (χ2n) is 6.90. The standard InChI is InChI=1S/C22H21Cl2N5O4S/c1-3-33-21(32)13-5-4-6-15(9-13)26-19(30)12-34-22-28-27-18(29(22)2)11-25-20(31)16-8-7-14(23)10-17(16)24/h4-10H,3,11-12H2,1-2H3,(H,25,31)(H,26,30). The third kappa shape index (κ3) is 6.72. The van der Waals surface area contributed by atoms with Gasteiger partial charge in [0.2, 0.25) is 5.91 Å². The number of hydrogen-bond donors (Lipinski definition) is 2. The van der Waals surface area contributed by atoms with E-state index in [1.54, 1.807) is 54.9 Å². The van der Waals surface area contributed by atoms with Crippen LogP contribution in [0.4, 0.5) is 5.69 Å². The van der Waals surface area contributed by atoms with E-state index in [1.165, 1.54) is 17.8 Å². The predicted molar refractivity (Wildman–Crippen MR) is 130 cm³/mol. The summed E-state index contributed by atoms with van der Waals surface area (Å²) in [7, 11) is 1.74. The molecule has 2 amide bonds. The second-order valence-corrected chi connectivity index (χ2v) is 8.69. The van der Waals surface area contributed by atoms with E-state index in [0.717, 1.165) is 0 Å². The number of rotatable bonds is 9. The molecule has 2 N–H and O–H groups in total. The van der Waals surface area contributed by atoms with Crippen molar-refractivity contribution >= 4 is 58.4 Å². The minimum Gasteiger partial charge on any atom is -0.462 e. The molecule has 3 aromatic rings. The number of halogens is 2. The van der Waals surface area contributed by atoms with Gasteiger partial charge in [-0.25, -0.2) is 4.79 Å². The molecule has 34 heavy (non-hydrogen) atoms. The Morgan fingerprint density at radius 1 is 1.12 bits per heavy atom. The van der Waals surface area contributed by atoms with E-state index in [1.807, 2.05) is 0 Å². The molecule has 1 heterocycles. The highest BCUT2D eigenvalue weighted by molar-refractivity contribution is 7.99. The Morgan fingerprint density at radius 2 is 1.91 bits per heavy atom. The number of aromatic nitrogens is 3. The second kappa shape index (κ2) is 11.9. The molecule has 0 fully saturated rings. The van der Waals surface area contributed by atoms with E-state index in [-0.39, 0.29) is 35.7 Å². The number of thioether (sulfide) groups is 1. The maximum atomic E-state index is 12.4. The normalized spacial score (nSPS) is 10.6. The minimum absolute atomic E-state index is 0.0718. The van der Waals surface area contributed by atoms with E-state index in [2.05, 4.69) is 20.8 Å². The molecule has 0 bridgehead atoms. The van der Waals surface area contributed by atoms with Gasteiger partial charge < -0.3 is 19.9 Å². The number of benzene rings is 2. The topological polar surface area (TPSA) is 115 Å². The molecule has 0 saturated carbocycles. The average Bonchev–Trinajstić information content (AvgIpc) is 3.15. The van der Waals surface area contributed by atoms with Crippen LogP contribution in [-0.4, -0.2) is 44.9 Å². The van der Waals surface area contributed by atoms with Crippen molar-refractivity contribution < 1.29 is 19.1 Å². The molecule has 0 atom stereocenters. The minimum atomic E-state index is -0.454. The molecule has 0 unspecified atom stereocenters. The van der Waals surface area contributed by atoms with Crippen LogP contribution in [0.3, 0.4) is 0 Å². The first-order valence-corrected chi connectivity index (χ1v) is 11.8. The number of ether oxygens (including phenoxy) is 1. The number of amides is 2. The molecule has 9 nitrogen and oxygen atoms in total. The molecule has 0 aliphatic rings. The Hall–Kier alpha value is -3.08. The van der Waals surface area contributed by atoms with Crippen molar-refractivity contribution in [2.45, 2.75) is 18.6 Å². The maximum absolute atomic E-state index is 12.4. The van der Waals surface area contributed by atoms with Crippen molar-refractivity contribution in [3.05, 3.63) is 69.5 Å². The zero-order chi connectivity index (χ0) is 24.7. The summed E-state index contributed by atoms with van der Waals surface area (Å²) in [5, 5.41) is 14.8.